The number of fused-ring (bicyclic) bond motifs is 1. The number of halogens is 3. The van der Waals surface area contributed by atoms with Crippen molar-refractivity contribution in [1.29, 1.82) is 0 Å². The number of ether oxygens (including phenoxy) is 1. The first-order valence-corrected chi connectivity index (χ1v) is 4.51. The van der Waals surface area contributed by atoms with Gasteiger partial charge in [-0.15, -0.1) is 0 Å². The van der Waals surface area contributed by atoms with Gasteiger partial charge in [0.15, 0.2) is 11.5 Å². The first-order chi connectivity index (χ1) is 7.91. The van der Waals surface area contributed by atoms with Crippen LogP contribution in [0.3, 0.4) is 0 Å². The molecule has 0 aromatic carbocycles. The van der Waals surface area contributed by atoms with Crippen LogP contribution in [0.15, 0.2) is 18.0 Å². The number of esters is 1. The predicted molar refractivity (Wildman–Crippen MR) is 51.0 cm³/mol. The van der Waals surface area contributed by atoms with Gasteiger partial charge in [0.05, 0.1) is 12.7 Å². The maximum atomic E-state index is 12.4. The molecule has 0 amide bonds. The second-order valence-electron chi connectivity index (χ2n) is 3.27. The maximum Gasteiger partial charge on any atom is 0.417 e. The fourth-order valence-corrected chi connectivity index (χ4v) is 1.33. The molecule has 0 spiro atoms. The molecule has 0 unspecified atom stereocenters. The minimum atomic E-state index is -4.47. The summed E-state index contributed by atoms with van der Waals surface area (Å²) in [4.78, 5) is 14.7. The molecule has 0 fully saturated rings. The van der Waals surface area contributed by atoms with Crippen LogP contribution in [0, 0.1) is 0 Å². The van der Waals surface area contributed by atoms with Gasteiger partial charge in [0.1, 0.15) is 0 Å². The average molecular weight is 243 g/mol. The van der Waals surface area contributed by atoms with Crippen molar-refractivity contribution < 1.29 is 22.7 Å². The summed E-state index contributed by atoms with van der Waals surface area (Å²) in [6.07, 6.45) is -2.58. The van der Waals surface area contributed by atoms with E-state index in [1.54, 1.807) is 0 Å². The smallest absolute Gasteiger partial charge is 0.417 e. The maximum absolute atomic E-state index is 12.4. The van der Waals surface area contributed by atoms with Crippen LogP contribution in [0.2, 0.25) is 0 Å². The number of carbonyl (C=O) groups is 1. The molecule has 0 aliphatic carbocycles. The molecule has 1 radical (unpaired) electrons. The van der Waals surface area contributed by atoms with Gasteiger partial charge in [-0.05, 0) is 12.1 Å². The standard InChI is InChI=1S/C10H6F3N2O2/c1-17-9(16)7-3-5-2-6(10(11,12)13)4-14-8(5)15-7/h2-4H,1H3. The summed E-state index contributed by atoms with van der Waals surface area (Å²) in [5.74, 6) is -0.630. The summed E-state index contributed by atoms with van der Waals surface area (Å²) in [6, 6.07) is 0.891. The molecular formula is C10H6F3N2O2. The fourth-order valence-electron chi connectivity index (χ4n) is 1.33. The second-order valence-corrected chi connectivity index (χ2v) is 3.27. The van der Waals surface area contributed by atoms with E-state index in [0.29, 0.717) is 6.20 Å². The molecule has 1 aromatic heterocycles. The van der Waals surface area contributed by atoms with Crippen molar-refractivity contribution in [2.24, 2.45) is 0 Å². The Morgan fingerprint density at radius 3 is 2.71 bits per heavy atom. The molecular weight excluding hydrogens is 237 g/mol. The Balaban J connectivity index is 2.36. The fraction of sp³-hybridized carbons (Fsp3) is 0.200. The van der Waals surface area contributed by atoms with Crippen LogP contribution in [0.25, 0.3) is 6.08 Å². The molecule has 7 heteroatoms. The Bertz CT molecular complexity index is 509. The van der Waals surface area contributed by atoms with E-state index in [9.17, 15) is 18.0 Å². The van der Waals surface area contributed by atoms with Gasteiger partial charge < -0.3 is 4.74 Å². The molecule has 2 rings (SSSR count). The number of hydrogen-bond donors (Lipinski definition) is 0. The number of pyridine rings is 1. The van der Waals surface area contributed by atoms with Gasteiger partial charge in [-0.1, -0.05) is 0 Å². The van der Waals surface area contributed by atoms with Gasteiger partial charge in [0.2, 0.25) is 0 Å². The Labute approximate surface area is 94.1 Å². The molecule has 0 atom stereocenters. The quantitative estimate of drug-likeness (QED) is 0.707. The highest BCUT2D eigenvalue weighted by Gasteiger charge is 2.33. The minimum absolute atomic E-state index is 0.0608. The van der Waals surface area contributed by atoms with Gasteiger partial charge >= 0.3 is 12.1 Å². The molecule has 0 bridgehead atoms. The zero-order valence-corrected chi connectivity index (χ0v) is 8.58. The number of aromatic nitrogens is 1. The molecule has 1 aliphatic rings. The summed E-state index contributed by atoms with van der Waals surface area (Å²) in [5.41, 5.74) is -0.789. The topological polar surface area (TPSA) is 53.3 Å². The minimum Gasteiger partial charge on any atom is -0.464 e. The lowest BCUT2D eigenvalue weighted by Gasteiger charge is -2.06. The predicted octanol–water partition coefficient (Wildman–Crippen LogP) is 1.86. The lowest BCUT2D eigenvalue weighted by Crippen LogP contribution is -2.09. The van der Waals surface area contributed by atoms with E-state index >= 15 is 0 Å². The normalized spacial score (nSPS) is 13.8. The van der Waals surface area contributed by atoms with E-state index in [2.05, 4.69) is 15.0 Å². The van der Waals surface area contributed by atoms with Crippen molar-refractivity contribution in [3.8, 4) is 0 Å². The van der Waals surface area contributed by atoms with Crippen molar-refractivity contribution >= 4 is 17.9 Å². The van der Waals surface area contributed by atoms with Crippen LogP contribution in [0.5, 0.6) is 0 Å². The third kappa shape index (κ3) is 2.08. The van der Waals surface area contributed by atoms with Crippen molar-refractivity contribution in [3.05, 3.63) is 29.1 Å². The Morgan fingerprint density at radius 2 is 2.12 bits per heavy atom. The van der Waals surface area contributed by atoms with Crippen molar-refractivity contribution in [2.45, 2.75) is 6.18 Å². The number of rotatable bonds is 1. The molecule has 2 heterocycles. The van der Waals surface area contributed by atoms with E-state index < -0.39 is 17.7 Å². The highest BCUT2D eigenvalue weighted by Crippen LogP contribution is 2.33. The number of carbonyl (C=O) groups excluding carboxylic acids is 1. The van der Waals surface area contributed by atoms with Crippen LogP contribution in [-0.4, -0.2) is 18.1 Å². The zero-order valence-electron chi connectivity index (χ0n) is 8.58. The van der Waals surface area contributed by atoms with Gasteiger partial charge in [0, 0.05) is 11.8 Å². The van der Waals surface area contributed by atoms with Crippen LogP contribution in [0.1, 0.15) is 11.1 Å². The lowest BCUT2D eigenvalue weighted by molar-refractivity contribution is -0.138. The molecule has 0 saturated heterocycles. The molecule has 17 heavy (non-hydrogen) atoms. The lowest BCUT2D eigenvalue weighted by atomic mass is 10.2. The van der Waals surface area contributed by atoms with Gasteiger partial charge in [-0.25, -0.2) is 15.1 Å². The number of alkyl halides is 3. The molecule has 1 aliphatic heterocycles. The van der Waals surface area contributed by atoms with Crippen LogP contribution in [0.4, 0.5) is 19.0 Å². The summed E-state index contributed by atoms with van der Waals surface area (Å²) in [7, 11) is 1.16. The third-order valence-electron chi connectivity index (χ3n) is 2.14. The highest BCUT2D eigenvalue weighted by atomic mass is 19.4. The summed E-state index contributed by atoms with van der Waals surface area (Å²) >= 11 is 0. The number of hydrogen-bond acceptors (Lipinski definition) is 3. The van der Waals surface area contributed by atoms with Crippen LogP contribution in [-0.2, 0) is 15.7 Å². The first-order valence-electron chi connectivity index (χ1n) is 4.51. The van der Waals surface area contributed by atoms with E-state index in [1.807, 2.05) is 0 Å². The molecule has 0 saturated carbocycles. The summed E-state index contributed by atoms with van der Waals surface area (Å²) < 4.78 is 41.6. The molecule has 1 aromatic rings. The molecule has 4 nitrogen and oxygen atoms in total. The van der Waals surface area contributed by atoms with Gasteiger partial charge in [0.25, 0.3) is 0 Å². The second kappa shape index (κ2) is 3.76. The Morgan fingerprint density at radius 1 is 1.41 bits per heavy atom. The zero-order chi connectivity index (χ0) is 12.6. The number of nitrogens with zero attached hydrogens (tertiary/aromatic N) is 2. The van der Waals surface area contributed by atoms with E-state index in [4.69, 9.17) is 0 Å². The van der Waals surface area contributed by atoms with Crippen molar-refractivity contribution in [2.75, 3.05) is 7.11 Å². The van der Waals surface area contributed by atoms with Gasteiger partial charge in [-0.3, -0.25) is 0 Å². The SMILES string of the molecule is COC(=O)C1=Cc2cc(C(F)(F)F)cnc2[N]1. The monoisotopic (exact) mass is 243 g/mol. The van der Waals surface area contributed by atoms with Crippen LogP contribution >= 0.6 is 0 Å². The van der Waals surface area contributed by atoms with Crippen LogP contribution < -0.4 is 5.32 Å². The van der Waals surface area contributed by atoms with Gasteiger partial charge in [-0.2, -0.15) is 13.2 Å². The van der Waals surface area contributed by atoms with Crippen molar-refractivity contribution in [1.82, 2.24) is 10.3 Å². The first kappa shape index (κ1) is 11.4. The molecule has 0 N–H and O–H groups in total. The van der Waals surface area contributed by atoms with E-state index in [-0.39, 0.29) is 17.1 Å². The molecule has 89 valence electrons. The van der Waals surface area contributed by atoms with E-state index in [0.717, 1.165) is 13.2 Å². The number of methoxy groups -OCH3 is 1. The Hall–Kier alpha value is -2.05. The van der Waals surface area contributed by atoms with E-state index in [1.165, 1.54) is 6.08 Å². The summed E-state index contributed by atoms with van der Waals surface area (Å²) in [5, 5.41) is 3.75. The highest BCUT2D eigenvalue weighted by molar-refractivity contribution is 5.97. The van der Waals surface area contributed by atoms with Crippen molar-refractivity contribution in [3.63, 3.8) is 0 Å². The largest absolute Gasteiger partial charge is 0.464 e. The Kier molecular flexibility index (Phi) is 2.53. The third-order valence-corrected chi connectivity index (χ3v) is 2.14. The summed E-state index contributed by atoms with van der Waals surface area (Å²) in [6.45, 7) is 0. The average Bonchev–Trinajstić information content (AvgIpc) is 2.69.